The molecule has 29 heavy (non-hydrogen) atoms. The number of hydrogen-bond acceptors (Lipinski definition) is 8. The highest BCUT2D eigenvalue weighted by Crippen LogP contribution is 2.29. The lowest BCUT2D eigenvalue weighted by Gasteiger charge is -2.13. The lowest BCUT2D eigenvalue weighted by molar-refractivity contribution is -0.384. The summed E-state index contributed by atoms with van der Waals surface area (Å²) in [5.74, 6) is 1.22. The summed E-state index contributed by atoms with van der Waals surface area (Å²) in [4.78, 5) is 22.0. The van der Waals surface area contributed by atoms with E-state index in [-0.39, 0.29) is 18.2 Å². The van der Waals surface area contributed by atoms with E-state index in [4.69, 9.17) is 21.7 Å². The number of hydrazone groups is 1. The number of carbonyl (C=O) groups is 1. The van der Waals surface area contributed by atoms with Crippen LogP contribution in [0, 0.1) is 10.1 Å². The monoisotopic (exact) mass is 431 g/mol. The summed E-state index contributed by atoms with van der Waals surface area (Å²) in [7, 11) is 0. The first kappa shape index (κ1) is 20.7. The van der Waals surface area contributed by atoms with Crippen LogP contribution in [-0.2, 0) is 11.4 Å². The molecule has 1 heterocycles. The number of amides is 1. The summed E-state index contributed by atoms with van der Waals surface area (Å²) < 4.78 is 11.9. The normalized spacial score (nSPS) is 13.9. The Balaban J connectivity index is 1.71. The van der Waals surface area contributed by atoms with Crippen LogP contribution in [0.3, 0.4) is 0 Å². The molecule has 1 saturated heterocycles. The van der Waals surface area contributed by atoms with Crippen molar-refractivity contribution in [3.05, 3.63) is 63.7 Å². The SMILES string of the molecule is CCOc1cc(/C=N/N2C(=O)CSC2=S)ccc1OCc1ccc([N+](=O)[O-])cc1. The van der Waals surface area contributed by atoms with Crippen molar-refractivity contribution in [2.45, 2.75) is 13.5 Å². The summed E-state index contributed by atoms with van der Waals surface area (Å²) >= 11 is 6.38. The Morgan fingerprint density at radius 2 is 2.00 bits per heavy atom. The van der Waals surface area contributed by atoms with E-state index in [1.807, 2.05) is 6.92 Å². The molecular weight excluding hydrogens is 414 g/mol. The van der Waals surface area contributed by atoms with Crippen molar-refractivity contribution >= 4 is 46.1 Å². The molecule has 8 nitrogen and oxygen atoms in total. The Morgan fingerprint density at radius 3 is 2.62 bits per heavy atom. The molecule has 1 amide bonds. The third kappa shape index (κ3) is 5.30. The van der Waals surface area contributed by atoms with E-state index < -0.39 is 4.92 Å². The maximum atomic E-state index is 11.7. The zero-order valence-corrected chi connectivity index (χ0v) is 17.1. The number of rotatable bonds is 8. The van der Waals surface area contributed by atoms with Gasteiger partial charge in [0.05, 0.1) is 23.5 Å². The lowest BCUT2D eigenvalue weighted by atomic mass is 10.2. The van der Waals surface area contributed by atoms with Gasteiger partial charge >= 0.3 is 0 Å². The maximum Gasteiger partial charge on any atom is 0.269 e. The standard InChI is InChI=1S/C19H17N3O5S2/c1-2-26-17-9-14(10-20-21-18(23)12-29-19(21)28)5-8-16(17)27-11-13-3-6-15(7-4-13)22(24)25/h3-10H,2,11-12H2,1H3/b20-10+. The van der Waals surface area contributed by atoms with Gasteiger partial charge in [0.25, 0.3) is 11.6 Å². The van der Waals surface area contributed by atoms with E-state index in [2.05, 4.69) is 5.10 Å². The minimum absolute atomic E-state index is 0.0294. The van der Waals surface area contributed by atoms with Crippen molar-refractivity contribution in [3.63, 3.8) is 0 Å². The molecule has 0 spiro atoms. The molecule has 2 aromatic carbocycles. The number of non-ortho nitro benzene ring substituents is 1. The van der Waals surface area contributed by atoms with Gasteiger partial charge in [0.1, 0.15) is 6.61 Å². The second-order valence-corrected chi connectivity index (χ2v) is 7.47. The average molecular weight is 431 g/mol. The Bertz CT molecular complexity index is 947. The average Bonchev–Trinajstić information content (AvgIpc) is 3.03. The van der Waals surface area contributed by atoms with Crippen LogP contribution in [0.1, 0.15) is 18.1 Å². The topological polar surface area (TPSA) is 94.3 Å². The highest BCUT2D eigenvalue weighted by Gasteiger charge is 2.25. The maximum absolute atomic E-state index is 11.7. The lowest BCUT2D eigenvalue weighted by Crippen LogP contribution is -2.22. The Kier molecular flexibility index (Phi) is 6.78. The van der Waals surface area contributed by atoms with Gasteiger partial charge < -0.3 is 9.47 Å². The second kappa shape index (κ2) is 9.48. The summed E-state index contributed by atoms with van der Waals surface area (Å²) in [6, 6.07) is 11.5. The van der Waals surface area contributed by atoms with Crippen LogP contribution in [0.25, 0.3) is 0 Å². The van der Waals surface area contributed by atoms with Gasteiger partial charge in [0, 0.05) is 12.1 Å². The van der Waals surface area contributed by atoms with Gasteiger partial charge in [-0.2, -0.15) is 10.1 Å². The first-order valence-electron chi connectivity index (χ1n) is 8.64. The highest BCUT2D eigenvalue weighted by atomic mass is 32.2. The predicted molar refractivity (Wildman–Crippen MR) is 115 cm³/mol. The number of hydrogen-bond donors (Lipinski definition) is 0. The molecular formula is C19H17N3O5S2. The molecule has 3 rings (SSSR count). The fourth-order valence-electron chi connectivity index (χ4n) is 2.45. The molecule has 0 saturated carbocycles. The third-order valence-corrected chi connectivity index (χ3v) is 5.20. The summed E-state index contributed by atoms with van der Waals surface area (Å²) in [6.45, 7) is 2.54. The van der Waals surface area contributed by atoms with Crippen molar-refractivity contribution in [2.75, 3.05) is 12.4 Å². The fourth-order valence-corrected chi connectivity index (χ4v) is 3.42. The van der Waals surface area contributed by atoms with E-state index in [1.54, 1.807) is 36.5 Å². The van der Waals surface area contributed by atoms with Gasteiger partial charge in [0.2, 0.25) is 0 Å². The van der Waals surface area contributed by atoms with Crippen LogP contribution in [0.15, 0.2) is 47.6 Å². The van der Waals surface area contributed by atoms with Crippen LogP contribution >= 0.6 is 24.0 Å². The van der Waals surface area contributed by atoms with E-state index in [1.165, 1.54) is 28.9 Å². The minimum atomic E-state index is -0.445. The summed E-state index contributed by atoms with van der Waals surface area (Å²) in [5.41, 5.74) is 1.55. The van der Waals surface area contributed by atoms with Crippen LogP contribution in [0.5, 0.6) is 11.5 Å². The van der Waals surface area contributed by atoms with Gasteiger partial charge in [-0.3, -0.25) is 14.9 Å². The molecule has 1 fully saturated rings. The number of carbonyl (C=O) groups excluding carboxylic acids is 1. The molecule has 0 unspecified atom stereocenters. The smallest absolute Gasteiger partial charge is 0.269 e. The molecule has 0 aliphatic carbocycles. The zero-order chi connectivity index (χ0) is 20.8. The molecule has 0 radical (unpaired) electrons. The molecule has 0 N–H and O–H groups in total. The molecule has 2 aromatic rings. The Hall–Kier alpha value is -2.98. The fraction of sp³-hybridized carbons (Fsp3) is 0.211. The first-order valence-corrected chi connectivity index (χ1v) is 10.0. The molecule has 1 aliphatic rings. The van der Waals surface area contributed by atoms with Crippen LogP contribution in [0.2, 0.25) is 0 Å². The highest BCUT2D eigenvalue weighted by molar-refractivity contribution is 8.23. The minimum Gasteiger partial charge on any atom is -0.490 e. The molecule has 0 atom stereocenters. The quantitative estimate of drug-likeness (QED) is 0.272. The van der Waals surface area contributed by atoms with E-state index in [0.29, 0.717) is 28.2 Å². The van der Waals surface area contributed by atoms with E-state index >= 15 is 0 Å². The van der Waals surface area contributed by atoms with E-state index in [0.717, 1.165) is 11.1 Å². The van der Waals surface area contributed by atoms with Crippen molar-refractivity contribution in [1.29, 1.82) is 0 Å². The largest absolute Gasteiger partial charge is 0.490 e. The van der Waals surface area contributed by atoms with Crippen molar-refractivity contribution < 1.29 is 19.2 Å². The van der Waals surface area contributed by atoms with Gasteiger partial charge in [-0.25, -0.2) is 0 Å². The Morgan fingerprint density at radius 1 is 1.24 bits per heavy atom. The van der Waals surface area contributed by atoms with Crippen molar-refractivity contribution in [2.24, 2.45) is 5.10 Å². The van der Waals surface area contributed by atoms with Crippen molar-refractivity contribution in [3.8, 4) is 11.5 Å². The van der Waals surface area contributed by atoms with Gasteiger partial charge in [-0.1, -0.05) is 24.0 Å². The van der Waals surface area contributed by atoms with Crippen LogP contribution in [-0.4, -0.2) is 38.7 Å². The molecule has 0 aromatic heterocycles. The Labute approximate surface area is 176 Å². The number of nitro benzene ring substituents is 1. The van der Waals surface area contributed by atoms with Crippen LogP contribution in [0.4, 0.5) is 5.69 Å². The number of ether oxygens (including phenoxy) is 2. The van der Waals surface area contributed by atoms with Gasteiger partial charge in [-0.15, -0.1) is 0 Å². The zero-order valence-electron chi connectivity index (χ0n) is 15.4. The molecule has 10 heteroatoms. The summed E-state index contributed by atoms with van der Waals surface area (Å²) in [5, 5.41) is 16.1. The number of nitrogens with zero attached hydrogens (tertiary/aromatic N) is 3. The summed E-state index contributed by atoms with van der Waals surface area (Å²) in [6.07, 6.45) is 1.54. The van der Waals surface area contributed by atoms with Crippen molar-refractivity contribution in [1.82, 2.24) is 5.01 Å². The predicted octanol–water partition coefficient (Wildman–Crippen LogP) is 3.77. The van der Waals surface area contributed by atoms with Crippen LogP contribution < -0.4 is 9.47 Å². The number of thiocarbonyl (C=S) groups is 1. The molecule has 0 bridgehead atoms. The third-order valence-electron chi connectivity index (χ3n) is 3.86. The number of benzene rings is 2. The molecule has 150 valence electrons. The van der Waals surface area contributed by atoms with E-state index in [9.17, 15) is 14.9 Å². The second-order valence-electron chi connectivity index (χ2n) is 5.86. The molecule has 1 aliphatic heterocycles. The van der Waals surface area contributed by atoms with Gasteiger partial charge in [0.15, 0.2) is 15.8 Å². The van der Waals surface area contributed by atoms with Gasteiger partial charge in [-0.05, 0) is 48.4 Å². The number of thioether (sulfide) groups is 1. The first-order chi connectivity index (χ1) is 14.0. The number of nitro groups is 1.